The monoisotopic (exact) mass is 1460 g/mol. The third-order valence-corrected chi connectivity index (χ3v) is 19.6. The standard InChI is InChI=1S/C84H145NO18/c1-3-5-7-9-11-13-15-17-19-21-23-25-26-27-28-29-30-31-32-33-34-35-36-37-38-39-40-42-44-46-48-50-52-54-56-58-60-62-72(90)85-67(68(89)61-59-57-55-53-51-49-47-45-43-41-24-22-20-18-16-14-12-10-8-6-4-2)66-98-82-78(96)75(93)80(70(64-87)100-82)103-84-79(97)76(94)81(71(65-88)101-84)102-83-77(95)74(92)73(91)69(63-86)99-83/h5,7,11,13,17,19,23,25,27-28,30-31,33-34,51,53,59,61,67-71,73-84,86-89,91-97H,3-4,6,8-10,12,14-16,18,20-22,24,26,29,32,35-50,52,54-58,60,62-66H2,1-2H3,(H,85,90)/b7-5-,13-11-,19-17-,25-23-,28-27-,31-30-,34-33-,53-51+,61-59+. The highest BCUT2D eigenvalue weighted by Gasteiger charge is 2.54. The molecule has 0 saturated carbocycles. The number of allylic oxidation sites excluding steroid dienone is 17. The van der Waals surface area contributed by atoms with Gasteiger partial charge in [-0.05, 0) is 89.9 Å². The summed E-state index contributed by atoms with van der Waals surface area (Å²) in [6, 6.07) is -0.997. The fraction of sp³-hybridized carbons (Fsp3) is 0.774. The summed E-state index contributed by atoms with van der Waals surface area (Å²) in [6.07, 6.45) is 60.7. The number of rotatable bonds is 63. The summed E-state index contributed by atoms with van der Waals surface area (Å²) in [5.74, 6) is -0.287. The minimum Gasteiger partial charge on any atom is -0.394 e. The van der Waals surface area contributed by atoms with Gasteiger partial charge >= 0.3 is 0 Å². The van der Waals surface area contributed by atoms with Crippen LogP contribution in [0.1, 0.15) is 284 Å². The van der Waals surface area contributed by atoms with Crippen LogP contribution in [0.4, 0.5) is 0 Å². The molecule has 0 aliphatic carbocycles. The molecule has 0 bridgehead atoms. The quantitative estimate of drug-likeness (QED) is 0.0199. The summed E-state index contributed by atoms with van der Waals surface area (Å²) in [6.45, 7) is 1.62. The first-order chi connectivity index (χ1) is 50.3. The SMILES string of the molecule is CC/C=C\C/C=C\C/C=C\C/C=C\C/C=C\C/C=C\C/C=C\CCCCCCCCCCCCCCCCCC(=O)NC(COC1OC(CO)C(OC2OC(CO)C(OC3OC(CO)C(O)C(O)C3O)C(O)C2O)C(O)C1O)C(O)/C=C/CC/C=C/CCCCCCCCCCCCCCCCC. The van der Waals surface area contributed by atoms with E-state index in [0.29, 0.717) is 12.8 Å². The highest BCUT2D eigenvalue weighted by Crippen LogP contribution is 2.33. The summed E-state index contributed by atoms with van der Waals surface area (Å²) in [7, 11) is 0. The van der Waals surface area contributed by atoms with Crippen molar-refractivity contribution in [2.24, 2.45) is 0 Å². The fourth-order valence-corrected chi connectivity index (χ4v) is 13.1. The molecule has 0 aromatic rings. The second-order valence-electron chi connectivity index (χ2n) is 28.5. The topological polar surface area (TPSA) is 307 Å². The fourth-order valence-electron chi connectivity index (χ4n) is 13.1. The van der Waals surface area contributed by atoms with E-state index >= 15 is 0 Å². The number of carbonyl (C=O) groups is 1. The Kier molecular flexibility index (Phi) is 57.6. The predicted octanol–water partition coefficient (Wildman–Crippen LogP) is 13.7. The smallest absolute Gasteiger partial charge is 0.220 e. The van der Waals surface area contributed by atoms with Gasteiger partial charge in [0.1, 0.15) is 73.2 Å². The lowest BCUT2D eigenvalue weighted by molar-refractivity contribution is -0.379. The van der Waals surface area contributed by atoms with Crippen molar-refractivity contribution in [1.29, 1.82) is 0 Å². The molecule has 0 aromatic heterocycles. The van der Waals surface area contributed by atoms with Crippen molar-refractivity contribution >= 4 is 5.91 Å². The molecule has 3 fully saturated rings. The van der Waals surface area contributed by atoms with E-state index in [4.69, 9.17) is 28.4 Å². The van der Waals surface area contributed by atoms with E-state index in [1.807, 2.05) is 6.08 Å². The molecule has 103 heavy (non-hydrogen) atoms. The first kappa shape index (κ1) is 93.7. The molecule has 12 N–H and O–H groups in total. The summed E-state index contributed by atoms with van der Waals surface area (Å²) in [5, 5.41) is 121. The first-order valence-electron chi connectivity index (χ1n) is 40.6. The minimum atomic E-state index is -1.99. The number of aliphatic hydroxyl groups excluding tert-OH is 11. The number of aliphatic hydroxyl groups is 11. The Balaban J connectivity index is 1.35. The zero-order valence-corrected chi connectivity index (χ0v) is 63.5. The third-order valence-electron chi connectivity index (χ3n) is 19.6. The minimum absolute atomic E-state index is 0.230. The van der Waals surface area contributed by atoms with Crippen LogP contribution in [0, 0.1) is 0 Å². The molecular weight excluding hydrogens is 1310 g/mol. The van der Waals surface area contributed by atoms with Gasteiger partial charge in [0, 0.05) is 6.42 Å². The molecule has 19 nitrogen and oxygen atoms in total. The molecule has 17 atom stereocenters. The van der Waals surface area contributed by atoms with E-state index in [1.165, 1.54) is 161 Å². The van der Waals surface area contributed by atoms with Gasteiger partial charge in [-0.15, -0.1) is 0 Å². The number of amides is 1. The van der Waals surface area contributed by atoms with Crippen molar-refractivity contribution in [3.63, 3.8) is 0 Å². The molecule has 0 radical (unpaired) electrons. The zero-order valence-electron chi connectivity index (χ0n) is 63.5. The molecule has 594 valence electrons. The van der Waals surface area contributed by atoms with Gasteiger partial charge in [0.2, 0.25) is 5.91 Å². The number of ether oxygens (including phenoxy) is 6. The van der Waals surface area contributed by atoms with Crippen molar-refractivity contribution in [2.45, 2.75) is 388 Å². The van der Waals surface area contributed by atoms with Crippen LogP contribution in [0.3, 0.4) is 0 Å². The Labute approximate surface area is 621 Å². The van der Waals surface area contributed by atoms with Crippen LogP contribution in [0.2, 0.25) is 0 Å². The van der Waals surface area contributed by atoms with E-state index in [1.54, 1.807) is 6.08 Å². The number of hydrogen-bond donors (Lipinski definition) is 12. The van der Waals surface area contributed by atoms with Crippen molar-refractivity contribution in [3.05, 3.63) is 109 Å². The molecule has 1 amide bonds. The normalized spacial score (nSPS) is 26.6. The molecule has 0 spiro atoms. The van der Waals surface area contributed by atoms with Crippen LogP contribution >= 0.6 is 0 Å². The second-order valence-corrected chi connectivity index (χ2v) is 28.5. The van der Waals surface area contributed by atoms with E-state index in [0.717, 1.165) is 89.9 Å². The van der Waals surface area contributed by atoms with Crippen molar-refractivity contribution in [3.8, 4) is 0 Å². The number of unbranched alkanes of at least 4 members (excludes halogenated alkanes) is 31. The van der Waals surface area contributed by atoms with Gasteiger partial charge in [0.05, 0.1) is 38.6 Å². The maximum atomic E-state index is 13.5. The number of hydrogen-bond acceptors (Lipinski definition) is 18. The summed E-state index contributed by atoms with van der Waals surface area (Å²) in [5.41, 5.74) is 0. The van der Waals surface area contributed by atoms with Gasteiger partial charge in [-0.2, -0.15) is 0 Å². The lowest BCUT2D eigenvalue weighted by Gasteiger charge is -2.48. The summed E-state index contributed by atoms with van der Waals surface area (Å²) in [4.78, 5) is 13.5. The van der Waals surface area contributed by atoms with Crippen molar-refractivity contribution < 1.29 is 89.4 Å². The van der Waals surface area contributed by atoms with Gasteiger partial charge in [-0.25, -0.2) is 0 Å². The highest BCUT2D eigenvalue weighted by atomic mass is 16.8. The van der Waals surface area contributed by atoms with Gasteiger partial charge in [0.15, 0.2) is 18.9 Å². The van der Waals surface area contributed by atoms with Crippen LogP contribution in [0.5, 0.6) is 0 Å². The number of carbonyl (C=O) groups excluding carboxylic acids is 1. The average Bonchev–Trinajstić information content (AvgIpc) is 0.781. The molecule has 0 aromatic carbocycles. The van der Waals surface area contributed by atoms with Gasteiger partial charge in [-0.3, -0.25) is 4.79 Å². The average molecular weight is 1460 g/mol. The van der Waals surface area contributed by atoms with E-state index in [9.17, 15) is 61.0 Å². The molecule has 3 rings (SSSR count). The van der Waals surface area contributed by atoms with E-state index in [2.05, 4.69) is 116 Å². The molecule has 19 heteroatoms. The molecule has 3 aliphatic rings. The van der Waals surface area contributed by atoms with Gasteiger partial charge in [-0.1, -0.05) is 297 Å². The molecule has 17 unspecified atom stereocenters. The zero-order chi connectivity index (χ0) is 74.6. The Hall–Kier alpha value is -3.55. The Morgan fingerprint density at radius 3 is 1.09 bits per heavy atom. The van der Waals surface area contributed by atoms with Crippen molar-refractivity contribution in [2.75, 3.05) is 26.4 Å². The van der Waals surface area contributed by atoms with Gasteiger partial charge in [0.25, 0.3) is 0 Å². The Morgan fingerprint density at radius 1 is 0.359 bits per heavy atom. The molecule has 3 aliphatic heterocycles. The molecular formula is C84H145NO18. The predicted molar refractivity (Wildman–Crippen MR) is 410 cm³/mol. The highest BCUT2D eigenvalue weighted by molar-refractivity contribution is 5.76. The molecule has 3 saturated heterocycles. The summed E-state index contributed by atoms with van der Waals surface area (Å²) < 4.78 is 34.4. The lowest BCUT2D eigenvalue weighted by atomic mass is 9.96. The Morgan fingerprint density at radius 2 is 0.680 bits per heavy atom. The maximum absolute atomic E-state index is 13.5. The Bertz CT molecular complexity index is 2290. The first-order valence-corrected chi connectivity index (χ1v) is 40.6. The largest absolute Gasteiger partial charge is 0.394 e. The van der Waals surface area contributed by atoms with Crippen LogP contribution in [-0.4, -0.2) is 193 Å². The van der Waals surface area contributed by atoms with Crippen molar-refractivity contribution in [1.82, 2.24) is 5.32 Å². The maximum Gasteiger partial charge on any atom is 0.220 e. The summed E-state index contributed by atoms with van der Waals surface area (Å²) >= 11 is 0. The molecule has 3 heterocycles. The second kappa shape index (κ2) is 63.4. The van der Waals surface area contributed by atoms with Crippen LogP contribution < -0.4 is 5.32 Å². The third kappa shape index (κ3) is 43.3. The van der Waals surface area contributed by atoms with Crippen LogP contribution in [0.25, 0.3) is 0 Å². The van der Waals surface area contributed by atoms with E-state index in [-0.39, 0.29) is 18.9 Å². The van der Waals surface area contributed by atoms with Gasteiger partial charge < -0.3 is 89.9 Å². The lowest BCUT2D eigenvalue weighted by Crippen LogP contribution is -2.66. The number of nitrogens with one attached hydrogen (secondary N) is 1. The van der Waals surface area contributed by atoms with E-state index < -0.39 is 124 Å². The van der Waals surface area contributed by atoms with Crippen LogP contribution in [-0.2, 0) is 33.2 Å². The van der Waals surface area contributed by atoms with Crippen LogP contribution in [0.15, 0.2) is 109 Å².